The van der Waals surface area contributed by atoms with E-state index in [0.717, 1.165) is 0 Å². The highest BCUT2D eigenvalue weighted by Gasteiger charge is 2.46. The Hall–Kier alpha value is -0.980. The van der Waals surface area contributed by atoms with E-state index in [2.05, 4.69) is 10.6 Å². The molecule has 1 fully saturated rings. The number of halogens is 3. The fourth-order valence-electron chi connectivity index (χ4n) is 1.85. The Morgan fingerprint density at radius 3 is 2.44 bits per heavy atom. The van der Waals surface area contributed by atoms with Crippen LogP contribution in [0.25, 0.3) is 0 Å². The predicted molar refractivity (Wildman–Crippen MR) is 60.2 cm³/mol. The second-order valence-corrected chi connectivity index (χ2v) is 5.37. The first-order chi connectivity index (χ1) is 8.09. The number of alkyl carbamates (subject to hydrolysis) is 1. The molecule has 1 aliphatic heterocycles. The molecule has 1 aliphatic rings. The van der Waals surface area contributed by atoms with Crippen LogP contribution in [-0.4, -0.2) is 36.5 Å². The van der Waals surface area contributed by atoms with Crippen molar-refractivity contribution in [3.05, 3.63) is 0 Å². The molecule has 1 rings (SSSR count). The number of alkyl halides is 3. The highest BCUT2D eigenvalue weighted by molar-refractivity contribution is 5.68. The molecule has 2 atom stereocenters. The maximum Gasteiger partial charge on any atom is 0.407 e. The summed E-state index contributed by atoms with van der Waals surface area (Å²) in [7, 11) is 0. The molecular formula is C11H19F3N2O2. The Labute approximate surface area is 104 Å². The molecule has 0 unspecified atom stereocenters. The first-order valence-corrected chi connectivity index (χ1v) is 5.89. The van der Waals surface area contributed by atoms with Crippen LogP contribution in [0.4, 0.5) is 18.0 Å². The number of piperidine rings is 1. The molecule has 0 spiro atoms. The van der Waals surface area contributed by atoms with Crippen molar-refractivity contribution in [1.29, 1.82) is 0 Å². The van der Waals surface area contributed by atoms with Gasteiger partial charge in [-0.2, -0.15) is 13.2 Å². The van der Waals surface area contributed by atoms with Crippen molar-refractivity contribution in [2.75, 3.05) is 6.54 Å². The van der Waals surface area contributed by atoms with Crippen LogP contribution in [0.5, 0.6) is 0 Å². The van der Waals surface area contributed by atoms with Crippen LogP contribution < -0.4 is 10.6 Å². The van der Waals surface area contributed by atoms with Gasteiger partial charge in [0.05, 0.1) is 6.04 Å². The molecule has 106 valence electrons. The van der Waals surface area contributed by atoms with E-state index < -0.39 is 30.0 Å². The Bertz CT molecular complexity index is 300. The van der Waals surface area contributed by atoms with Crippen molar-refractivity contribution >= 4 is 6.09 Å². The van der Waals surface area contributed by atoms with Gasteiger partial charge in [0.25, 0.3) is 0 Å². The summed E-state index contributed by atoms with van der Waals surface area (Å²) in [5, 5.41) is 4.67. The molecule has 0 saturated carbocycles. The minimum atomic E-state index is -4.37. The number of hydrogen-bond donors (Lipinski definition) is 2. The van der Waals surface area contributed by atoms with Gasteiger partial charge in [-0.3, -0.25) is 0 Å². The molecule has 4 nitrogen and oxygen atoms in total. The number of rotatable bonds is 1. The van der Waals surface area contributed by atoms with Crippen LogP contribution >= 0.6 is 0 Å². The summed E-state index contributed by atoms with van der Waals surface area (Å²) >= 11 is 0. The van der Waals surface area contributed by atoms with Gasteiger partial charge in [0, 0.05) is 0 Å². The van der Waals surface area contributed by atoms with E-state index in [4.69, 9.17) is 4.74 Å². The zero-order valence-electron chi connectivity index (χ0n) is 10.7. The highest BCUT2D eigenvalue weighted by Crippen LogP contribution is 2.26. The molecular weight excluding hydrogens is 249 g/mol. The van der Waals surface area contributed by atoms with E-state index in [9.17, 15) is 18.0 Å². The first-order valence-electron chi connectivity index (χ1n) is 5.89. The molecule has 18 heavy (non-hydrogen) atoms. The van der Waals surface area contributed by atoms with E-state index in [1.54, 1.807) is 20.8 Å². The largest absolute Gasteiger partial charge is 0.444 e. The summed E-state index contributed by atoms with van der Waals surface area (Å²) in [6, 6.07) is -2.69. The van der Waals surface area contributed by atoms with Crippen molar-refractivity contribution < 1.29 is 22.7 Å². The Morgan fingerprint density at radius 1 is 1.33 bits per heavy atom. The third-order valence-electron chi connectivity index (χ3n) is 2.51. The van der Waals surface area contributed by atoms with Gasteiger partial charge in [-0.15, -0.1) is 0 Å². The van der Waals surface area contributed by atoms with Gasteiger partial charge in [0.15, 0.2) is 0 Å². The molecule has 7 heteroatoms. The molecule has 0 aromatic rings. The van der Waals surface area contributed by atoms with Crippen molar-refractivity contribution in [1.82, 2.24) is 10.6 Å². The Balaban J connectivity index is 2.60. The molecule has 1 saturated heterocycles. The standard InChI is InChI=1S/C11H19F3N2O2/c1-10(2,3)18-9(17)16-7-5-4-6-15-8(7)11(12,13)14/h7-8,15H,4-6H2,1-3H3,(H,16,17)/t7-,8-/m1/s1. The molecule has 1 amide bonds. The van der Waals surface area contributed by atoms with E-state index in [0.29, 0.717) is 13.0 Å². The predicted octanol–water partition coefficient (Wildman–Crippen LogP) is 2.19. The average Bonchev–Trinajstić information content (AvgIpc) is 2.13. The van der Waals surface area contributed by atoms with Crippen molar-refractivity contribution in [3.8, 4) is 0 Å². The van der Waals surface area contributed by atoms with Crippen molar-refractivity contribution in [2.24, 2.45) is 0 Å². The topological polar surface area (TPSA) is 50.4 Å². The number of carbonyl (C=O) groups excluding carboxylic acids is 1. The maximum atomic E-state index is 12.7. The lowest BCUT2D eigenvalue weighted by atomic mass is 9.98. The van der Waals surface area contributed by atoms with Crippen LogP contribution in [0.2, 0.25) is 0 Å². The normalized spacial score (nSPS) is 25.7. The van der Waals surface area contributed by atoms with Gasteiger partial charge >= 0.3 is 12.3 Å². The first kappa shape index (κ1) is 15.1. The van der Waals surface area contributed by atoms with Gasteiger partial charge < -0.3 is 15.4 Å². The number of nitrogens with one attached hydrogen (secondary N) is 2. The molecule has 0 aromatic heterocycles. The number of ether oxygens (including phenoxy) is 1. The monoisotopic (exact) mass is 268 g/mol. The third-order valence-corrected chi connectivity index (χ3v) is 2.51. The SMILES string of the molecule is CC(C)(C)OC(=O)N[C@@H]1CCCN[C@H]1C(F)(F)F. The summed E-state index contributed by atoms with van der Waals surface area (Å²) < 4.78 is 43.1. The average molecular weight is 268 g/mol. The molecule has 0 aromatic carbocycles. The van der Waals surface area contributed by atoms with Gasteiger partial charge in [0.1, 0.15) is 11.6 Å². The van der Waals surface area contributed by atoms with Crippen LogP contribution in [0.1, 0.15) is 33.6 Å². The highest BCUT2D eigenvalue weighted by atomic mass is 19.4. The number of carbonyl (C=O) groups is 1. The lowest BCUT2D eigenvalue weighted by molar-refractivity contribution is -0.165. The Morgan fingerprint density at radius 2 is 1.94 bits per heavy atom. The fraction of sp³-hybridized carbons (Fsp3) is 0.909. The lowest BCUT2D eigenvalue weighted by Gasteiger charge is -2.34. The van der Waals surface area contributed by atoms with Crippen LogP contribution in [0.3, 0.4) is 0 Å². The summed E-state index contributed by atoms with van der Waals surface area (Å²) in [6.45, 7) is 5.28. The quantitative estimate of drug-likeness (QED) is 0.766. The fourth-order valence-corrected chi connectivity index (χ4v) is 1.85. The van der Waals surface area contributed by atoms with Gasteiger partial charge in [-0.05, 0) is 40.2 Å². The van der Waals surface area contributed by atoms with E-state index in [1.165, 1.54) is 0 Å². The Kier molecular flexibility index (Phi) is 4.47. The van der Waals surface area contributed by atoms with E-state index in [1.807, 2.05) is 0 Å². The molecule has 0 aliphatic carbocycles. The van der Waals surface area contributed by atoms with Crippen LogP contribution in [-0.2, 0) is 4.74 Å². The summed E-state index contributed by atoms with van der Waals surface area (Å²) in [6.07, 6.45) is -4.31. The minimum absolute atomic E-state index is 0.288. The van der Waals surface area contributed by atoms with Gasteiger partial charge in [-0.1, -0.05) is 0 Å². The molecule has 0 radical (unpaired) electrons. The van der Waals surface area contributed by atoms with E-state index >= 15 is 0 Å². The van der Waals surface area contributed by atoms with Crippen molar-refractivity contribution in [3.63, 3.8) is 0 Å². The zero-order chi connectivity index (χ0) is 14.0. The smallest absolute Gasteiger partial charge is 0.407 e. The van der Waals surface area contributed by atoms with Crippen LogP contribution in [0, 0.1) is 0 Å². The van der Waals surface area contributed by atoms with Gasteiger partial charge in [-0.25, -0.2) is 4.79 Å². The summed E-state index contributed by atoms with van der Waals surface area (Å²) in [5.41, 5.74) is -0.722. The van der Waals surface area contributed by atoms with Gasteiger partial charge in [0.2, 0.25) is 0 Å². The zero-order valence-corrected chi connectivity index (χ0v) is 10.7. The van der Waals surface area contributed by atoms with E-state index in [-0.39, 0.29) is 6.42 Å². The third kappa shape index (κ3) is 4.72. The summed E-state index contributed by atoms with van der Waals surface area (Å²) in [4.78, 5) is 11.5. The van der Waals surface area contributed by atoms with Crippen molar-refractivity contribution in [2.45, 2.75) is 57.5 Å². The number of hydrogen-bond acceptors (Lipinski definition) is 3. The molecule has 1 heterocycles. The second-order valence-electron chi connectivity index (χ2n) is 5.37. The lowest BCUT2D eigenvalue weighted by Crippen LogP contribution is -2.60. The van der Waals surface area contributed by atoms with Crippen LogP contribution in [0.15, 0.2) is 0 Å². The maximum absolute atomic E-state index is 12.7. The number of amides is 1. The minimum Gasteiger partial charge on any atom is -0.444 e. The molecule has 2 N–H and O–H groups in total. The second kappa shape index (κ2) is 5.34. The molecule has 0 bridgehead atoms. The summed E-state index contributed by atoms with van der Waals surface area (Å²) in [5.74, 6) is 0.